The Balaban J connectivity index is 1.60. The van der Waals surface area contributed by atoms with Crippen LogP contribution in [0.5, 0.6) is 0 Å². The second kappa shape index (κ2) is 12.6. The highest BCUT2D eigenvalue weighted by atomic mass is 35.5. The van der Waals surface area contributed by atoms with Gasteiger partial charge in [0.2, 0.25) is 0 Å². The highest BCUT2D eigenvalue weighted by Gasteiger charge is 2.60. The van der Waals surface area contributed by atoms with Crippen LogP contribution in [-0.2, 0) is 35.6 Å². The monoisotopic (exact) mass is 641 g/mol. The molecule has 5 rings (SSSR count). The average molecular weight is 642 g/mol. The molecule has 1 amide bonds. The molecule has 1 N–H and O–H groups in total. The molecule has 44 heavy (non-hydrogen) atoms. The van der Waals surface area contributed by atoms with Crippen molar-refractivity contribution in [2.24, 2.45) is 11.8 Å². The summed E-state index contributed by atoms with van der Waals surface area (Å²) in [6.45, 7) is 2.66. The van der Waals surface area contributed by atoms with Gasteiger partial charge in [-0.15, -0.1) is 0 Å². The summed E-state index contributed by atoms with van der Waals surface area (Å²) in [4.78, 5) is 27.1. The summed E-state index contributed by atoms with van der Waals surface area (Å²) >= 11 is 6.13. The zero-order valence-corrected chi connectivity index (χ0v) is 25.3. The van der Waals surface area contributed by atoms with E-state index in [4.69, 9.17) is 25.8 Å². The quantitative estimate of drug-likeness (QED) is 0.277. The second-order valence-electron chi connectivity index (χ2n) is 12.2. The van der Waals surface area contributed by atoms with E-state index < -0.39 is 41.1 Å². The van der Waals surface area contributed by atoms with Gasteiger partial charge in [-0.3, -0.25) is 9.69 Å². The maximum atomic E-state index is 15.4. The lowest BCUT2D eigenvalue weighted by atomic mass is 9.59. The van der Waals surface area contributed by atoms with E-state index in [1.165, 1.54) is 30.3 Å². The van der Waals surface area contributed by atoms with E-state index in [1.54, 1.807) is 6.07 Å². The van der Waals surface area contributed by atoms with Crippen LogP contribution in [0.4, 0.5) is 23.2 Å². The first-order valence-electron chi connectivity index (χ1n) is 14.8. The maximum Gasteiger partial charge on any atom is 0.471 e. The summed E-state index contributed by atoms with van der Waals surface area (Å²) in [5.74, 6) is -3.83. The molecular formula is C32H36ClF4NO6. The summed E-state index contributed by atoms with van der Waals surface area (Å²) in [7, 11) is 1.08. The third-order valence-electron chi connectivity index (χ3n) is 9.56. The number of amides is 1. The Kier molecular flexibility index (Phi) is 9.33. The van der Waals surface area contributed by atoms with Gasteiger partial charge in [0.25, 0.3) is 0 Å². The van der Waals surface area contributed by atoms with Crippen LogP contribution in [0.1, 0.15) is 68.4 Å². The number of methoxy groups -OCH3 is 1. The molecule has 1 heterocycles. The molecule has 1 spiro atoms. The van der Waals surface area contributed by atoms with Crippen LogP contribution in [-0.4, -0.2) is 55.6 Å². The smallest absolute Gasteiger partial charge is 0.467 e. The maximum absolute atomic E-state index is 15.4. The second-order valence-corrected chi connectivity index (χ2v) is 12.6. The zero-order valence-electron chi connectivity index (χ0n) is 24.6. The number of alkyl halides is 3. The minimum absolute atomic E-state index is 0.0684. The number of aliphatic hydroxyl groups excluding tert-OH is 1. The van der Waals surface area contributed by atoms with E-state index in [0.29, 0.717) is 37.4 Å². The van der Waals surface area contributed by atoms with Gasteiger partial charge in [0.15, 0.2) is 6.29 Å². The van der Waals surface area contributed by atoms with Crippen LogP contribution in [0, 0.1) is 17.7 Å². The van der Waals surface area contributed by atoms with Gasteiger partial charge in [-0.2, -0.15) is 13.2 Å². The molecule has 1 saturated heterocycles. The largest absolute Gasteiger partial charge is 0.471 e. The minimum Gasteiger partial charge on any atom is -0.467 e. The van der Waals surface area contributed by atoms with Gasteiger partial charge in [0.05, 0.1) is 20.3 Å². The Hall–Kier alpha value is -2.73. The van der Waals surface area contributed by atoms with Crippen LogP contribution in [0.15, 0.2) is 36.4 Å². The Morgan fingerprint density at radius 3 is 2.41 bits per heavy atom. The zero-order chi connectivity index (χ0) is 31.9. The van der Waals surface area contributed by atoms with E-state index in [2.05, 4.69) is 0 Å². The van der Waals surface area contributed by atoms with Gasteiger partial charge in [0, 0.05) is 22.9 Å². The Morgan fingerprint density at radius 1 is 1.14 bits per heavy atom. The topological polar surface area (TPSA) is 85.3 Å². The number of fused-ring (bicyclic) bond motifs is 2. The number of ether oxygens (including phenoxy) is 3. The van der Waals surface area contributed by atoms with Crippen LogP contribution < -0.4 is 4.90 Å². The number of halogens is 5. The van der Waals surface area contributed by atoms with Crippen molar-refractivity contribution in [3.05, 3.63) is 63.9 Å². The molecule has 12 heteroatoms. The molecule has 2 aliphatic carbocycles. The lowest BCUT2D eigenvalue weighted by Crippen LogP contribution is -2.63. The van der Waals surface area contributed by atoms with Crippen LogP contribution in [0.3, 0.4) is 0 Å². The minimum atomic E-state index is -5.29. The van der Waals surface area contributed by atoms with Crippen molar-refractivity contribution in [2.45, 2.75) is 75.3 Å². The predicted octanol–water partition coefficient (Wildman–Crippen LogP) is 6.42. The van der Waals surface area contributed by atoms with Crippen molar-refractivity contribution in [1.29, 1.82) is 0 Å². The van der Waals surface area contributed by atoms with Gasteiger partial charge in [0.1, 0.15) is 11.4 Å². The molecule has 0 aromatic heterocycles. The molecule has 2 aromatic rings. The molecule has 2 aromatic carbocycles. The van der Waals surface area contributed by atoms with E-state index in [-0.39, 0.29) is 60.4 Å². The average Bonchev–Trinajstić information content (AvgIpc) is 3.28. The lowest BCUT2D eigenvalue weighted by Gasteiger charge is -2.51. The van der Waals surface area contributed by atoms with Crippen LogP contribution >= 0.6 is 11.6 Å². The molecular weight excluding hydrogens is 606 g/mol. The molecule has 2 fully saturated rings. The molecule has 0 bridgehead atoms. The Bertz CT molecular complexity index is 1390. The van der Waals surface area contributed by atoms with E-state index >= 15 is 4.39 Å². The SMILES string of the molecule is COC(=O)C1(N(C(=O)C(F)(F)F)c2cccc(Cl)c2)CCC2(CC1)c1cc(C3OCCCO3)c(F)cc1C[C@@H]2C[C@@H](C)CO. The van der Waals surface area contributed by atoms with Gasteiger partial charge in [-0.05, 0) is 104 Å². The summed E-state index contributed by atoms with van der Waals surface area (Å²) in [6, 6.07) is 8.61. The molecule has 0 unspecified atom stereocenters. The molecule has 1 aliphatic heterocycles. The number of nitrogens with zero attached hydrogens (tertiary/aromatic N) is 1. The van der Waals surface area contributed by atoms with Crippen molar-refractivity contribution in [2.75, 3.05) is 31.8 Å². The number of hydrogen-bond donors (Lipinski definition) is 1. The highest BCUT2D eigenvalue weighted by Crippen LogP contribution is 2.58. The fraction of sp³-hybridized carbons (Fsp3) is 0.562. The van der Waals surface area contributed by atoms with Crippen LogP contribution in [0.25, 0.3) is 0 Å². The number of hydrogen-bond acceptors (Lipinski definition) is 6. The van der Waals surface area contributed by atoms with Crippen LogP contribution in [0.2, 0.25) is 5.02 Å². The van der Waals surface area contributed by atoms with Crippen molar-refractivity contribution >= 4 is 29.2 Å². The Labute approximate surface area is 258 Å². The van der Waals surface area contributed by atoms with Gasteiger partial charge >= 0.3 is 18.1 Å². The third-order valence-corrected chi connectivity index (χ3v) is 9.80. The summed E-state index contributed by atoms with van der Waals surface area (Å²) in [6.07, 6.45) is -4.32. The molecule has 3 aliphatic rings. The number of benzene rings is 2. The molecule has 1 saturated carbocycles. The first kappa shape index (κ1) is 32.7. The van der Waals surface area contributed by atoms with E-state index in [9.17, 15) is 27.9 Å². The molecule has 0 radical (unpaired) electrons. The lowest BCUT2D eigenvalue weighted by molar-refractivity contribution is -0.184. The van der Waals surface area contributed by atoms with Crippen molar-refractivity contribution < 1.29 is 46.5 Å². The molecule has 240 valence electrons. The highest BCUT2D eigenvalue weighted by molar-refractivity contribution is 6.31. The van der Waals surface area contributed by atoms with E-state index in [1.807, 2.05) is 6.92 Å². The predicted molar refractivity (Wildman–Crippen MR) is 154 cm³/mol. The number of esters is 1. The number of carbonyl (C=O) groups is 2. The first-order valence-corrected chi connectivity index (χ1v) is 15.2. The molecule has 7 nitrogen and oxygen atoms in total. The summed E-state index contributed by atoms with van der Waals surface area (Å²) < 4.78 is 74.2. The fourth-order valence-corrected chi connectivity index (χ4v) is 7.64. The fourth-order valence-electron chi connectivity index (χ4n) is 7.46. The number of carbonyl (C=O) groups excluding carboxylic acids is 2. The van der Waals surface area contributed by atoms with Crippen molar-refractivity contribution in [1.82, 2.24) is 0 Å². The van der Waals surface area contributed by atoms with Gasteiger partial charge < -0.3 is 19.3 Å². The molecule has 2 atom stereocenters. The van der Waals surface area contributed by atoms with Crippen molar-refractivity contribution in [3.8, 4) is 0 Å². The first-order chi connectivity index (χ1) is 20.9. The third kappa shape index (κ3) is 5.84. The van der Waals surface area contributed by atoms with Crippen molar-refractivity contribution in [3.63, 3.8) is 0 Å². The van der Waals surface area contributed by atoms with E-state index in [0.717, 1.165) is 18.2 Å². The number of aliphatic hydroxyl groups is 1. The number of anilines is 1. The summed E-state index contributed by atoms with van der Waals surface area (Å²) in [5, 5.41) is 9.98. The van der Waals surface area contributed by atoms with Gasteiger partial charge in [-0.25, -0.2) is 9.18 Å². The van der Waals surface area contributed by atoms with Gasteiger partial charge in [-0.1, -0.05) is 24.6 Å². The summed E-state index contributed by atoms with van der Waals surface area (Å²) in [5.41, 5.74) is -0.983. The normalized spacial score (nSPS) is 26.3. The number of rotatable bonds is 7. The Morgan fingerprint density at radius 2 is 1.82 bits per heavy atom. The standard InChI is InChI=1S/C32H36ClF4NO6/c1-19(18-39)13-21-14-20-15-26(34)24(27-43-11-4-12-44-27)17-25(20)30(21)7-9-31(10-8-30,29(41)42-2)38(28(40)32(35,36)37)23-6-3-5-22(33)16-23/h3,5-6,15-17,19,21,27,39H,4,7-14,18H2,1-2H3/t19-,21+,30?,31?/m1/s1.